The van der Waals surface area contributed by atoms with Crippen LogP contribution in [0.3, 0.4) is 0 Å². The molecule has 1 aromatic heterocycles. The lowest BCUT2D eigenvalue weighted by molar-refractivity contribution is -0.120. The molecule has 28 heavy (non-hydrogen) atoms. The molecule has 0 saturated heterocycles. The number of hydrogen-bond donors (Lipinski definition) is 1. The first kappa shape index (κ1) is 18.2. The monoisotopic (exact) mass is 372 g/mol. The number of nitrogens with zero attached hydrogens (tertiary/aromatic N) is 1. The summed E-state index contributed by atoms with van der Waals surface area (Å²) in [6.07, 6.45) is 4.95. The number of rotatable bonds is 5. The second-order valence-electron chi connectivity index (χ2n) is 7.44. The number of amides is 1. The number of carbonyl (C=O) groups excluding carboxylic acids is 1. The van der Waals surface area contributed by atoms with Gasteiger partial charge in [0.25, 0.3) is 0 Å². The molecular formula is C24H24N2O2. The van der Waals surface area contributed by atoms with E-state index in [1.807, 2.05) is 24.3 Å². The van der Waals surface area contributed by atoms with E-state index >= 15 is 0 Å². The lowest BCUT2D eigenvalue weighted by atomic mass is 9.98. The van der Waals surface area contributed by atoms with Gasteiger partial charge < -0.3 is 10.1 Å². The van der Waals surface area contributed by atoms with Gasteiger partial charge in [-0.05, 0) is 54.3 Å². The molecule has 0 aliphatic carbocycles. The van der Waals surface area contributed by atoms with E-state index in [2.05, 4.69) is 54.5 Å². The quantitative estimate of drug-likeness (QED) is 0.732. The SMILES string of the molecule is Cc1ccc([C@@H](NC(=O)Cc2ccc3c(c2)C[C@@H](C)O3)c2ccncc2)cc1. The average Bonchev–Trinajstić information content (AvgIpc) is 3.07. The highest BCUT2D eigenvalue weighted by molar-refractivity contribution is 5.79. The molecule has 4 rings (SSSR count). The van der Waals surface area contributed by atoms with Gasteiger partial charge in [-0.25, -0.2) is 0 Å². The number of benzene rings is 2. The normalized spacial score (nSPS) is 16.1. The Balaban J connectivity index is 1.53. The van der Waals surface area contributed by atoms with Crippen LogP contribution in [0.4, 0.5) is 0 Å². The van der Waals surface area contributed by atoms with Crippen molar-refractivity contribution in [2.75, 3.05) is 0 Å². The molecule has 1 aliphatic heterocycles. The summed E-state index contributed by atoms with van der Waals surface area (Å²) in [5.74, 6) is 0.931. The second-order valence-corrected chi connectivity index (χ2v) is 7.44. The maximum Gasteiger partial charge on any atom is 0.225 e. The standard InChI is InChI=1S/C24H24N2O2/c1-16-3-6-19(7-4-16)24(20-9-11-25-12-10-20)26-23(27)15-18-5-8-22-21(14-18)13-17(2)28-22/h3-12,14,17,24H,13,15H2,1-2H3,(H,26,27)/t17-,24-/m1/s1. The molecule has 2 atom stereocenters. The summed E-state index contributed by atoms with van der Waals surface area (Å²) in [7, 11) is 0. The van der Waals surface area contributed by atoms with E-state index in [1.165, 1.54) is 11.1 Å². The second kappa shape index (κ2) is 7.85. The fourth-order valence-corrected chi connectivity index (χ4v) is 3.66. The predicted octanol–water partition coefficient (Wildman–Crippen LogP) is 4.16. The van der Waals surface area contributed by atoms with Crippen molar-refractivity contribution in [3.63, 3.8) is 0 Å². The van der Waals surface area contributed by atoms with Crippen LogP contribution in [-0.4, -0.2) is 17.0 Å². The van der Waals surface area contributed by atoms with E-state index in [4.69, 9.17) is 4.74 Å². The Morgan fingerprint density at radius 3 is 2.57 bits per heavy atom. The molecule has 0 spiro atoms. The summed E-state index contributed by atoms with van der Waals surface area (Å²) >= 11 is 0. The Bertz CT molecular complexity index is 968. The van der Waals surface area contributed by atoms with Crippen LogP contribution in [0.15, 0.2) is 67.0 Å². The van der Waals surface area contributed by atoms with Crippen LogP contribution >= 0.6 is 0 Å². The van der Waals surface area contributed by atoms with Crippen LogP contribution in [-0.2, 0) is 17.6 Å². The fraction of sp³-hybridized carbons (Fsp3) is 0.250. The highest BCUT2D eigenvalue weighted by Gasteiger charge is 2.21. The van der Waals surface area contributed by atoms with Crippen molar-refractivity contribution in [1.29, 1.82) is 0 Å². The van der Waals surface area contributed by atoms with Crippen molar-refractivity contribution in [2.24, 2.45) is 0 Å². The van der Waals surface area contributed by atoms with Gasteiger partial charge in [-0.1, -0.05) is 42.0 Å². The summed E-state index contributed by atoms with van der Waals surface area (Å²) in [5, 5.41) is 3.20. The van der Waals surface area contributed by atoms with E-state index in [1.54, 1.807) is 12.4 Å². The number of pyridine rings is 1. The minimum absolute atomic E-state index is 0.00528. The van der Waals surface area contributed by atoms with Gasteiger partial charge in [0.2, 0.25) is 5.91 Å². The number of hydrogen-bond acceptors (Lipinski definition) is 3. The number of fused-ring (bicyclic) bond motifs is 1. The van der Waals surface area contributed by atoms with Crippen molar-refractivity contribution in [1.82, 2.24) is 10.3 Å². The first-order valence-corrected chi connectivity index (χ1v) is 9.63. The van der Waals surface area contributed by atoms with Crippen molar-refractivity contribution >= 4 is 5.91 Å². The van der Waals surface area contributed by atoms with Crippen molar-refractivity contribution in [3.05, 3.63) is 94.8 Å². The minimum atomic E-state index is -0.200. The number of ether oxygens (including phenoxy) is 1. The summed E-state index contributed by atoms with van der Waals surface area (Å²) in [5.41, 5.74) is 5.45. The molecular weight excluding hydrogens is 348 g/mol. The van der Waals surface area contributed by atoms with Gasteiger partial charge in [-0.2, -0.15) is 0 Å². The van der Waals surface area contributed by atoms with Gasteiger partial charge in [0.1, 0.15) is 11.9 Å². The Morgan fingerprint density at radius 1 is 1.11 bits per heavy atom. The zero-order chi connectivity index (χ0) is 19.5. The first-order valence-electron chi connectivity index (χ1n) is 9.63. The van der Waals surface area contributed by atoms with Crippen molar-refractivity contribution in [3.8, 4) is 5.75 Å². The molecule has 1 amide bonds. The van der Waals surface area contributed by atoms with E-state index in [0.29, 0.717) is 6.42 Å². The van der Waals surface area contributed by atoms with Crippen LogP contribution < -0.4 is 10.1 Å². The molecule has 2 heterocycles. The van der Waals surface area contributed by atoms with E-state index < -0.39 is 0 Å². The fourth-order valence-electron chi connectivity index (χ4n) is 3.66. The molecule has 4 nitrogen and oxygen atoms in total. The summed E-state index contributed by atoms with van der Waals surface area (Å²) in [4.78, 5) is 16.9. The van der Waals surface area contributed by atoms with Crippen LogP contribution in [0.25, 0.3) is 0 Å². The van der Waals surface area contributed by atoms with Crippen LogP contribution in [0.1, 0.15) is 40.8 Å². The summed E-state index contributed by atoms with van der Waals surface area (Å²) < 4.78 is 5.75. The zero-order valence-corrected chi connectivity index (χ0v) is 16.2. The summed E-state index contributed by atoms with van der Waals surface area (Å²) in [6, 6.07) is 18.0. The van der Waals surface area contributed by atoms with Crippen LogP contribution in [0.2, 0.25) is 0 Å². The smallest absolute Gasteiger partial charge is 0.225 e. The van der Waals surface area contributed by atoms with Gasteiger partial charge in [-0.3, -0.25) is 9.78 Å². The zero-order valence-electron chi connectivity index (χ0n) is 16.2. The molecule has 3 aromatic rings. The van der Waals surface area contributed by atoms with E-state index in [-0.39, 0.29) is 18.1 Å². The van der Waals surface area contributed by atoms with Crippen LogP contribution in [0, 0.1) is 6.92 Å². The lowest BCUT2D eigenvalue weighted by Crippen LogP contribution is -2.30. The molecule has 0 unspecified atom stereocenters. The molecule has 4 heteroatoms. The molecule has 0 fully saturated rings. The van der Waals surface area contributed by atoms with Gasteiger partial charge in [0.05, 0.1) is 12.5 Å². The number of carbonyl (C=O) groups is 1. The number of aromatic nitrogens is 1. The molecule has 142 valence electrons. The van der Waals surface area contributed by atoms with Crippen molar-refractivity contribution < 1.29 is 9.53 Å². The Hall–Kier alpha value is -3.14. The van der Waals surface area contributed by atoms with Crippen LogP contribution in [0.5, 0.6) is 5.75 Å². The molecule has 0 saturated carbocycles. The average molecular weight is 372 g/mol. The predicted molar refractivity (Wildman–Crippen MR) is 109 cm³/mol. The molecule has 2 aromatic carbocycles. The van der Waals surface area contributed by atoms with Gasteiger partial charge in [0.15, 0.2) is 0 Å². The molecule has 1 aliphatic rings. The van der Waals surface area contributed by atoms with Crippen molar-refractivity contribution in [2.45, 2.75) is 38.8 Å². The first-order chi connectivity index (χ1) is 13.6. The maximum atomic E-state index is 12.8. The van der Waals surface area contributed by atoms with Gasteiger partial charge >= 0.3 is 0 Å². The van der Waals surface area contributed by atoms with Gasteiger partial charge in [-0.15, -0.1) is 0 Å². The number of nitrogens with one attached hydrogen (secondary N) is 1. The highest BCUT2D eigenvalue weighted by Crippen LogP contribution is 2.29. The third-order valence-corrected chi connectivity index (χ3v) is 5.08. The van der Waals surface area contributed by atoms with Gasteiger partial charge in [0, 0.05) is 18.8 Å². The van der Waals surface area contributed by atoms with E-state index in [9.17, 15) is 4.79 Å². The molecule has 1 N–H and O–H groups in total. The third kappa shape index (κ3) is 4.06. The Labute approximate surface area is 165 Å². The highest BCUT2D eigenvalue weighted by atomic mass is 16.5. The third-order valence-electron chi connectivity index (χ3n) is 5.08. The topological polar surface area (TPSA) is 51.2 Å². The Kier molecular flexibility index (Phi) is 5.11. The summed E-state index contributed by atoms with van der Waals surface area (Å²) in [6.45, 7) is 4.12. The lowest BCUT2D eigenvalue weighted by Gasteiger charge is -2.20. The largest absolute Gasteiger partial charge is 0.490 e. The minimum Gasteiger partial charge on any atom is -0.490 e. The maximum absolute atomic E-state index is 12.8. The molecule has 0 radical (unpaired) electrons. The molecule has 0 bridgehead atoms. The van der Waals surface area contributed by atoms with E-state index in [0.717, 1.165) is 28.9 Å². The number of aryl methyl sites for hydroxylation is 1. The Morgan fingerprint density at radius 2 is 1.82 bits per heavy atom.